The third kappa shape index (κ3) is 5.19. The van der Waals surface area contributed by atoms with Crippen LogP contribution in [0.2, 0.25) is 0 Å². The average molecular weight is 256 g/mol. The van der Waals surface area contributed by atoms with Gasteiger partial charge in [-0.15, -0.1) is 0 Å². The molecule has 0 atom stereocenters. The van der Waals surface area contributed by atoms with Gasteiger partial charge in [-0.3, -0.25) is 0 Å². The van der Waals surface area contributed by atoms with Gasteiger partial charge < -0.3 is 4.90 Å². The highest BCUT2D eigenvalue weighted by atomic mass is 32.2. The number of hydrogen-bond acceptors (Lipinski definition) is 3. The summed E-state index contributed by atoms with van der Waals surface area (Å²) in [6, 6.07) is 8.20. The number of anilines is 1. The van der Waals surface area contributed by atoms with Crippen molar-refractivity contribution in [2.45, 2.75) is 13.8 Å². The maximum absolute atomic E-state index is 11.0. The lowest BCUT2D eigenvalue weighted by molar-refractivity contribution is 0.587. The van der Waals surface area contributed by atoms with E-state index in [4.69, 9.17) is 0 Å². The van der Waals surface area contributed by atoms with Crippen molar-refractivity contribution in [2.75, 3.05) is 30.8 Å². The summed E-state index contributed by atoms with van der Waals surface area (Å²) in [4.78, 5) is 2.14. The minimum atomic E-state index is -3.10. The van der Waals surface area contributed by atoms with Gasteiger partial charge in [-0.25, -0.2) is 13.1 Å². The fraction of sp³-hybridized carbons (Fsp3) is 0.500. The van der Waals surface area contributed by atoms with Gasteiger partial charge in [0.15, 0.2) is 0 Å². The van der Waals surface area contributed by atoms with Crippen LogP contribution in [-0.4, -0.2) is 34.3 Å². The van der Waals surface area contributed by atoms with Crippen molar-refractivity contribution in [2.24, 2.45) is 0 Å². The SMILES string of the molecule is CCN(CCNS(C)(=O)=O)c1cccc(C)c1. The van der Waals surface area contributed by atoms with Crippen LogP contribution in [0.5, 0.6) is 0 Å². The molecule has 0 aliphatic carbocycles. The highest BCUT2D eigenvalue weighted by Gasteiger charge is 2.05. The molecule has 0 unspecified atom stereocenters. The lowest BCUT2D eigenvalue weighted by Crippen LogP contribution is -2.34. The number of nitrogens with zero attached hydrogens (tertiary/aromatic N) is 1. The number of sulfonamides is 1. The van der Waals surface area contributed by atoms with Gasteiger partial charge in [0.2, 0.25) is 10.0 Å². The monoisotopic (exact) mass is 256 g/mol. The number of hydrogen-bond donors (Lipinski definition) is 1. The Bertz CT molecular complexity index is 457. The molecule has 0 saturated heterocycles. The molecule has 96 valence electrons. The molecule has 17 heavy (non-hydrogen) atoms. The van der Waals surface area contributed by atoms with Crippen molar-refractivity contribution >= 4 is 15.7 Å². The van der Waals surface area contributed by atoms with Crippen molar-refractivity contribution in [1.82, 2.24) is 4.72 Å². The Kier molecular flexibility index (Phi) is 4.96. The second-order valence-corrected chi connectivity index (χ2v) is 5.92. The van der Waals surface area contributed by atoms with Crippen molar-refractivity contribution in [3.8, 4) is 0 Å². The smallest absolute Gasteiger partial charge is 0.208 e. The highest BCUT2D eigenvalue weighted by Crippen LogP contribution is 2.14. The van der Waals surface area contributed by atoms with E-state index in [1.165, 1.54) is 11.8 Å². The fourth-order valence-electron chi connectivity index (χ4n) is 1.66. The summed E-state index contributed by atoms with van der Waals surface area (Å²) < 4.78 is 24.4. The Morgan fingerprint density at radius 1 is 1.35 bits per heavy atom. The molecule has 0 amide bonds. The van der Waals surface area contributed by atoms with E-state index >= 15 is 0 Å². The standard InChI is InChI=1S/C12H20N2O2S/c1-4-14(9-8-13-17(3,15)16)12-7-5-6-11(2)10-12/h5-7,10,13H,4,8-9H2,1-3H3. The topological polar surface area (TPSA) is 49.4 Å². The van der Waals surface area contributed by atoms with Crippen LogP contribution in [0, 0.1) is 6.92 Å². The molecule has 0 spiro atoms. The number of rotatable bonds is 6. The number of likely N-dealkylation sites (N-methyl/N-ethyl adjacent to an activating group) is 1. The zero-order valence-corrected chi connectivity index (χ0v) is 11.4. The largest absolute Gasteiger partial charge is 0.370 e. The van der Waals surface area contributed by atoms with Gasteiger partial charge in [0.25, 0.3) is 0 Å². The van der Waals surface area contributed by atoms with E-state index in [1.807, 2.05) is 25.1 Å². The van der Waals surface area contributed by atoms with Crippen molar-refractivity contribution < 1.29 is 8.42 Å². The second-order valence-electron chi connectivity index (χ2n) is 4.09. The minimum absolute atomic E-state index is 0.431. The third-order valence-corrected chi connectivity index (χ3v) is 3.22. The highest BCUT2D eigenvalue weighted by molar-refractivity contribution is 7.88. The Morgan fingerprint density at radius 3 is 2.59 bits per heavy atom. The van der Waals surface area contributed by atoms with E-state index in [1.54, 1.807) is 0 Å². The van der Waals surface area contributed by atoms with Crippen molar-refractivity contribution in [1.29, 1.82) is 0 Å². The van der Waals surface area contributed by atoms with Gasteiger partial charge in [0.1, 0.15) is 0 Å². The van der Waals surface area contributed by atoms with Crippen LogP contribution >= 0.6 is 0 Å². The van der Waals surface area contributed by atoms with Gasteiger partial charge in [-0.2, -0.15) is 0 Å². The van der Waals surface area contributed by atoms with Gasteiger partial charge in [0, 0.05) is 25.3 Å². The molecule has 0 aromatic heterocycles. The molecule has 0 aliphatic rings. The van der Waals surface area contributed by atoms with Crippen LogP contribution in [0.25, 0.3) is 0 Å². The predicted molar refractivity (Wildman–Crippen MR) is 71.9 cm³/mol. The first-order valence-electron chi connectivity index (χ1n) is 5.68. The zero-order valence-electron chi connectivity index (χ0n) is 10.6. The van der Waals surface area contributed by atoms with E-state index < -0.39 is 10.0 Å². The van der Waals surface area contributed by atoms with E-state index in [2.05, 4.69) is 22.6 Å². The molecular weight excluding hydrogens is 236 g/mol. The molecule has 1 aromatic carbocycles. The minimum Gasteiger partial charge on any atom is -0.370 e. The summed E-state index contributed by atoms with van der Waals surface area (Å²) >= 11 is 0. The number of benzene rings is 1. The summed E-state index contributed by atoms with van der Waals surface area (Å²) in [5.74, 6) is 0. The first kappa shape index (κ1) is 14.0. The van der Waals surface area contributed by atoms with Crippen LogP contribution in [0.3, 0.4) is 0 Å². The van der Waals surface area contributed by atoms with Crippen LogP contribution in [0.4, 0.5) is 5.69 Å². The van der Waals surface area contributed by atoms with E-state index in [0.717, 1.165) is 12.2 Å². The molecule has 0 aliphatic heterocycles. The van der Waals surface area contributed by atoms with Gasteiger partial charge in [-0.1, -0.05) is 12.1 Å². The maximum Gasteiger partial charge on any atom is 0.208 e. The van der Waals surface area contributed by atoms with Crippen molar-refractivity contribution in [3.05, 3.63) is 29.8 Å². The van der Waals surface area contributed by atoms with Crippen LogP contribution in [0.1, 0.15) is 12.5 Å². The van der Waals surface area contributed by atoms with E-state index in [0.29, 0.717) is 13.1 Å². The Balaban J connectivity index is 2.60. The van der Waals surface area contributed by atoms with Crippen LogP contribution in [-0.2, 0) is 10.0 Å². The fourth-order valence-corrected chi connectivity index (χ4v) is 2.12. The second kappa shape index (κ2) is 6.02. The molecule has 1 aromatic rings. The summed E-state index contributed by atoms with van der Waals surface area (Å²) in [7, 11) is -3.10. The summed E-state index contributed by atoms with van der Waals surface area (Å²) in [6.45, 7) is 6.07. The van der Waals surface area contributed by atoms with E-state index in [-0.39, 0.29) is 0 Å². The lowest BCUT2D eigenvalue weighted by Gasteiger charge is -2.23. The van der Waals surface area contributed by atoms with Crippen molar-refractivity contribution in [3.63, 3.8) is 0 Å². The molecule has 0 saturated carbocycles. The first-order chi connectivity index (χ1) is 7.92. The Morgan fingerprint density at radius 2 is 2.06 bits per heavy atom. The summed E-state index contributed by atoms with van der Waals surface area (Å²) in [6.07, 6.45) is 1.18. The average Bonchev–Trinajstić information content (AvgIpc) is 2.23. The van der Waals surface area contributed by atoms with E-state index in [9.17, 15) is 8.42 Å². The molecule has 1 N–H and O–H groups in total. The van der Waals surface area contributed by atoms with Gasteiger partial charge in [-0.05, 0) is 31.5 Å². The first-order valence-corrected chi connectivity index (χ1v) is 7.58. The van der Waals surface area contributed by atoms with Gasteiger partial charge >= 0.3 is 0 Å². The lowest BCUT2D eigenvalue weighted by atomic mass is 10.2. The molecular formula is C12H20N2O2S. The normalized spacial score (nSPS) is 11.5. The third-order valence-electron chi connectivity index (χ3n) is 2.49. The summed E-state index contributed by atoms with van der Waals surface area (Å²) in [5, 5.41) is 0. The zero-order chi connectivity index (χ0) is 12.9. The predicted octanol–water partition coefficient (Wildman–Crippen LogP) is 1.37. The summed E-state index contributed by atoms with van der Waals surface area (Å²) in [5.41, 5.74) is 2.33. The number of nitrogens with one attached hydrogen (secondary N) is 1. The van der Waals surface area contributed by atoms with Gasteiger partial charge in [0.05, 0.1) is 6.26 Å². The molecule has 0 bridgehead atoms. The number of aryl methyl sites for hydroxylation is 1. The Labute approximate surface area is 104 Å². The molecule has 1 rings (SSSR count). The molecule has 0 radical (unpaired) electrons. The van der Waals surface area contributed by atoms with Crippen LogP contribution in [0.15, 0.2) is 24.3 Å². The maximum atomic E-state index is 11.0. The van der Waals surface area contributed by atoms with Crippen LogP contribution < -0.4 is 9.62 Å². The Hall–Kier alpha value is -1.07. The molecule has 0 fully saturated rings. The molecule has 4 nitrogen and oxygen atoms in total. The molecule has 0 heterocycles. The molecule has 5 heteroatoms. The quantitative estimate of drug-likeness (QED) is 0.836.